The number of carbonyl (C=O) groups is 1. The molecule has 1 aromatic rings. The first-order valence-corrected chi connectivity index (χ1v) is 8.89. The second-order valence-electron chi connectivity index (χ2n) is 4.90. The van der Waals surface area contributed by atoms with Crippen LogP contribution in [0, 0.1) is 0 Å². The zero-order valence-corrected chi connectivity index (χ0v) is 13.6. The number of primary sulfonamides is 1. The Labute approximate surface area is 130 Å². The molecule has 0 aliphatic carbocycles. The summed E-state index contributed by atoms with van der Waals surface area (Å²) in [5.41, 5.74) is 0.464. The minimum absolute atomic E-state index is 0.00162. The molecule has 0 aliphatic rings. The fourth-order valence-corrected chi connectivity index (χ4v) is 3.01. The van der Waals surface area contributed by atoms with Crippen LogP contribution in [0.25, 0.3) is 0 Å². The first-order chi connectivity index (χ1) is 9.84. The molecule has 0 radical (unpaired) electrons. The number of rotatable bonds is 8. The molecular weight excluding hydrogens is 312 g/mol. The van der Waals surface area contributed by atoms with Gasteiger partial charge in [-0.1, -0.05) is 44.2 Å². The van der Waals surface area contributed by atoms with Gasteiger partial charge < -0.3 is 5.32 Å². The van der Waals surface area contributed by atoms with E-state index in [0.29, 0.717) is 12.1 Å². The lowest BCUT2D eigenvalue weighted by molar-refractivity contribution is -0.116. The number of amides is 1. The van der Waals surface area contributed by atoms with E-state index >= 15 is 0 Å². The molecule has 0 aromatic heterocycles. The van der Waals surface area contributed by atoms with Gasteiger partial charge in [0.1, 0.15) is 4.90 Å². The van der Waals surface area contributed by atoms with Crippen molar-refractivity contribution in [2.24, 2.45) is 5.14 Å². The molecule has 1 aromatic carbocycles. The van der Waals surface area contributed by atoms with Gasteiger partial charge in [0.25, 0.3) is 0 Å². The number of benzene rings is 1. The van der Waals surface area contributed by atoms with E-state index < -0.39 is 10.0 Å². The number of unbranched alkanes of at least 4 members (excludes halogenated alkanes) is 4. The van der Waals surface area contributed by atoms with Gasteiger partial charge in [-0.25, -0.2) is 13.6 Å². The largest absolute Gasteiger partial charge is 0.326 e. The van der Waals surface area contributed by atoms with Crippen molar-refractivity contribution in [1.29, 1.82) is 0 Å². The quantitative estimate of drug-likeness (QED) is 0.716. The standard InChI is InChI=1S/C14H21ClN2O3S/c1-2-3-4-5-6-7-14(18)17-11-8-9-13(12(15)10-11)21(16,19)20/h8-10H,2-7H2,1H3,(H,17,18)(H2,16,19,20). The molecule has 0 aliphatic heterocycles. The topological polar surface area (TPSA) is 89.3 Å². The van der Waals surface area contributed by atoms with Crippen molar-refractivity contribution in [2.45, 2.75) is 50.3 Å². The summed E-state index contributed by atoms with van der Waals surface area (Å²) < 4.78 is 22.4. The van der Waals surface area contributed by atoms with Gasteiger partial charge in [-0.2, -0.15) is 0 Å². The molecule has 1 rings (SSSR count). The maximum Gasteiger partial charge on any atom is 0.239 e. The van der Waals surface area contributed by atoms with Gasteiger partial charge in [0, 0.05) is 12.1 Å². The highest BCUT2D eigenvalue weighted by Crippen LogP contribution is 2.24. The third-order valence-electron chi connectivity index (χ3n) is 3.03. The Bertz CT molecular complexity index is 588. The number of anilines is 1. The van der Waals surface area contributed by atoms with Crippen molar-refractivity contribution in [1.82, 2.24) is 0 Å². The van der Waals surface area contributed by atoms with Crippen molar-refractivity contribution < 1.29 is 13.2 Å². The lowest BCUT2D eigenvalue weighted by atomic mass is 10.1. The molecule has 21 heavy (non-hydrogen) atoms. The summed E-state index contributed by atoms with van der Waals surface area (Å²) in [5, 5.41) is 7.71. The smallest absolute Gasteiger partial charge is 0.239 e. The zero-order chi connectivity index (χ0) is 15.9. The van der Waals surface area contributed by atoms with Gasteiger partial charge in [-0.3, -0.25) is 4.79 Å². The van der Waals surface area contributed by atoms with Gasteiger partial charge in [-0.15, -0.1) is 0 Å². The SMILES string of the molecule is CCCCCCCC(=O)Nc1ccc(S(N)(=O)=O)c(Cl)c1. The summed E-state index contributed by atoms with van der Waals surface area (Å²) in [4.78, 5) is 11.6. The van der Waals surface area contributed by atoms with Gasteiger partial charge in [0.05, 0.1) is 5.02 Å². The van der Waals surface area contributed by atoms with Crippen LogP contribution in [-0.2, 0) is 14.8 Å². The Balaban J connectivity index is 2.52. The first-order valence-electron chi connectivity index (χ1n) is 6.96. The summed E-state index contributed by atoms with van der Waals surface area (Å²) >= 11 is 5.85. The minimum atomic E-state index is -3.85. The van der Waals surface area contributed by atoms with Crippen LogP contribution in [0.15, 0.2) is 23.1 Å². The average Bonchev–Trinajstić information content (AvgIpc) is 2.37. The Hall–Kier alpha value is -1.11. The van der Waals surface area contributed by atoms with E-state index in [0.717, 1.165) is 19.3 Å². The van der Waals surface area contributed by atoms with Gasteiger partial charge in [0.15, 0.2) is 0 Å². The maximum atomic E-state index is 11.7. The molecule has 118 valence electrons. The molecule has 0 saturated heterocycles. The maximum absolute atomic E-state index is 11.7. The molecule has 7 heteroatoms. The molecule has 0 bridgehead atoms. The van der Waals surface area contributed by atoms with Gasteiger partial charge in [0.2, 0.25) is 15.9 Å². The summed E-state index contributed by atoms with van der Waals surface area (Å²) in [5.74, 6) is -0.106. The van der Waals surface area contributed by atoms with E-state index in [1.54, 1.807) is 0 Å². The highest BCUT2D eigenvalue weighted by atomic mass is 35.5. The molecule has 0 saturated carbocycles. The van der Waals surface area contributed by atoms with Crippen molar-refractivity contribution in [3.05, 3.63) is 23.2 Å². The van der Waals surface area contributed by atoms with Crippen molar-refractivity contribution >= 4 is 33.2 Å². The van der Waals surface area contributed by atoms with E-state index in [2.05, 4.69) is 12.2 Å². The molecule has 0 fully saturated rings. The molecule has 0 atom stereocenters. The number of hydrogen-bond donors (Lipinski definition) is 2. The number of sulfonamides is 1. The molecular formula is C14H21ClN2O3S. The normalized spacial score (nSPS) is 11.4. The predicted octanol–water partition coefficient (Wildman–Crippen LogP) is 3.29. The minimum Gasteiger partial charge on any atom is -0.326 e. The van der Waals surface area contributed by atoms with Crippen LogP contribution in [0.5, 0.6) is 0 Å². The Morgan fingerprint density at radius 3 is 2.48 bits per heavy atom. The molecule has 0 spiro atoms. The van der Waals surface area contributed by atoms with Crippen LogP contribution >= 0.6 is 11.6 Å². The first kappa shape index (κ1) is 17.9. The molecule has 0 heterocycles. The summed E-state index contributed by atoms with van der Waals surface area (Å²) in [6, 6.07) is 4.14. The van der Waals surface area contributed by atoms with Crippen LogP contribution in [0.2, 0.25) is 5.02 Å². The van der Waals surface area contributed by atoms with Gasteiger partial charge >= 0.3 is 0 Å². The lowest BCUT2D eigenvalue weighted by Crippen LogP contribution is -2.14. The van der Waals surface area contributed by atoms with E-state index in [-0.39, 0.29) is 15.8 Å². The number of nitrogens with two attached hydrogens (primary N) is 1. The second kappa shape index (κ2) is 8.36. The predicted molar refractivity (Wildman–Crippen MR) is 84.8 cm³/mol. The highest BCUT2D eigenvalue weighted by molar-refractivity contribution is 7.89. The van der Waals surface area contributed by atoms with Crippen LogP contribution in [-0.4, -0.2) is 14.3 Å². The summed E-state index contributed by atoms with van der Waals surface area (Å²) in [6.07, 6.45) is 5.81. The Kier molecular flexibility index (Phi) is 7.14. The molecule has 0 unspecified atom stereocenters. The Morgan fingerprint density at radius 1 is 1.24 bits per heavy atom. The fourth-order valence-electron chi connectivity index (χ4n) is 1.92. The number of nitrogens with one attached hydrogen (secondary N) is 1. The average molecular weight is 333 g/mol. The van der Waals surface area contributed by atoms with Gasteiger partial charge in [-0.05, 0) is 24.6 Å². The fraction of sp³-hybridized carbons (Fsp3) is 0.500. The van der Waals surface area contributed by atoms with Crippen LogP contribution in [0.3, 0.4) is 0 Å². The number of carbonyl (C=O) groups excluding carboxylic acids is 1. The third-order valence-corrected chi connectivity index (χ3v) is 4.42. The summed E-state index contributed by atoms with van der Waals surface area (Å²) in [7, 11) is -3.85. The van der Waals surface area contributed by atoms with E-state index in [1.165, 1.54) is 31.0 Å². The summed E-state index contributed by atoms with van der Waals surface area (Å²) in [6.45, 7) is 2.14. The lowest BCUT2D eigenvalue weighted by Gasteiger charge is -2.07. The van der Waals surface area contributed by atoms with E-state index in [4.69, 9.17) is 16.7 Å². The van der Waals surface area contributed by atoms with E-state index in [1.807, 2.05) is 0 Å². The van der Waals surface area contributed by atoms with Crippen molar-refractivity contribution in [3.8, 4) is 0 Å². The van der Waals surface area contributed by atoms with Crippen LogP contribution < -0.4 is 10.5 Å². The third kappa shape index (κ3) is 6.46. The second-order valence-corrected chi connectivity index (χ2v) is 6.84. The Morgan fingerprint density at radius 2 is 1.90 bits per heavy atom. The van der Waals surface area contributed by atoms with Crippen LogP contribution in [0.4, 0.5) is 5.69 Å². The number of halogens is 1. The molecule has 1 amide bonds. The number of hydrogen-bond acceptors (Lipinski definition) is 3. The molecule has 5 nitrogen and oxygen atoms in total. The monoisotopic (exact) mass is 332 g/mol. The van der Waals surface area contributed by atoms with E-state index in [9.17, 15) is 13.2 Å². The highest BCUT2D eigenvalue weighted by Gasteiger charge is 2.13. The zero-order valence-electron chi connectivity index (χ0n) is 12.1. The molecule has 3 N–H and O–H groups in total. The van der Waals surface area contributed by atoms with Crippen molar-refractivity contribution in [3.63, 3.8) is 0 Å². The van der Waals surface area contributed by atoms with Crippen LogP contribution in [0.1, 0.15) is 45.4 Å². The van der Waals surface area contributed by atoms with Crippen molar-refractivity contribution in [2.75, 3.05) is 5.32 Å².